The minimum absolute atomic E-state index is 0.496. The average molecular weight is 299 g/mol. The van der Waals surface area contributed by atoms with E-state index < -0.39 is 0 Å². The van der Waals surface area contributed by atoms with Gasteiger partial charge in [0.25, 0.3) is 0 Å². The summed E-state index contributed by atoms with van der Waals surface area (Å²) in [6, 6.07) is 2.06. The third-order valence-corrected chi connectivity index (χ3v) is 3.53. The van der Waals surface area contributed by atoms with Crippen molar-refractivity contribution < 1.29 is 4.74 Å². The Balaban J connectivity index is 1.70. The summed E-state index contributed by atoms with van der Waals surface area (Å²) in [4.78, 5) is 4.33. The second kappa shape index (κ2) is 6.36. The Morgan fingerprint density at radius 2 is 2.24 bits per heavy atom. The van der Waals surface area contributed by atoms with E-state index >= 15 is 0 Å². The Kier molecular flexibility index (Phi) is 4.80. The fraction of sp³-hybridized carbons (Fsp3) is 0.615. The molecule has 1 aromatic heterocycles. The minimum Gasteiger partial charge on any atom is -0.376 e. The van der Waals surface area contributed by atoms with Crippen LogP contribution in [-0.2, 0) is 4.74 Å². The van der Waals surface area contributed by atoms with Crippen LogP contribution in [0.25, 0.3) is 0 Å². The Morgan fingerprint density at radius 1 is 1.47 bits per heavy atom. The molecule has 0 spiro atoms. The van der Waals surface area contributed by atoms with Crippen LogP contribution >= 0.6 is 15.9 Å². The maximum atomic E-state index is 5.79. The number of aromatic nitrogens is 1. The molecule has 2 rings (SSSR count). The van der Waals surface area contributed by atoms with Crippen molar-refractivity contribution in [2.75, 3.05) is 18.5 Å². The van der Waals surface area contributed by atoms with Gasteiger partial charge in [-0.3, -0.25) is 0 Å². The first-order chi connectivity index (χ1) is 8.25. The van der Waals surface area contributed by atoms with E-state index in [9.17, 15) is 0 Å². The number of halogens is 1. The summed E-state index contributed by atoms with van der Waals surface area (Å²) in [5, 5.41) is 3.31. The maximum Gasteiger partial charge on any atom is 0.128 e. The zero-order valence-electron chi connectivity index (χ0n) is 10.2. The van der Waals surface area contributed by atoms with Crippen molar-refractivity contribution in [2.24, 2.45) is 0 Å². The first-order valence-electron chi connectivity index (χ1n) is 6.23. The summed E-state index contributed by atoms with van der Waals surface area (Å²) in [6.07, 6.45) is 7.42. The number of rotatable bonds is 5. The normalized spacial score (nSPS) is 16.4. The van der Waals surface area contributed by atoms with Gasteiger partial charge in [0.05, 0.1) is 12.7 Å². The van der Waals surface area contributed by atoms with Crippen molar-refractivity contribution in [3.05, 3.63) is 22.3 Å². The molecule has 1 aliphatic carbocycles. The molecule has 1 heterocycles. The number of ether oxygens (including phenoxy) is 1. The summed E-state index contributed by atoms with van der Waals surface area (Å²) in [5.41, 5.74) is 1.15. The summed E-state index contributed by atoms with van der Waals surface area (Å²) in [6.45, 7) is 3.64. The van der Waals surface area contributed by atoms with Crippen LogP contribution in [0.4, 0.5) is 5.82 Å². The lowest BCUT2D eigenvalue weighted by molar-refractivity contribution is 0.0658. The van der Waals surface area contributed by atoms with E-state index in [1.807, 2.05) is 6.20 Å². The summed E-state index contributed by atoms with van der Waals surface area (Å²) < 4.78 is 6.81. The Hall–Kier alpha value is -0.610. The van der Waals surface area contributed by atoms with Crippen LogP contribution in [0.5, 0.6) is 0 Å². The predicted octanol–water partition coefficient (Wildman–Crippen LogP) is 3.52. The molecule has 3 nitrogen and oxygen atoms in total. The summed E-state index contributed by atoms with van der Waals surface area (Å²) in [5.74, 6) is 0.947. The van der Waals surface area contributed by atoms with Gasteiger partial charge >= 0.3 is 0 Å². The molecule has 1 N–H and O–H groups in total. The van der Waals surface area contributed by atoms with Crippen LogP contribution in [0, 0.1) is 6.92 Å². The highest BCUT2D eigenvalue weighted by Gasteiger charge is 2.14. The minimum atomic E-state index is 0.496. The lowest BCUT2D eigenvalue weighted by atomic mass is 10.3. The van der Waals surface area contributed by atoms with E-state index in [0.717, 1.165) is 29.0 Å². The molecule has 0 aromatic carbocycles. The quantitative estimate of drug-likeness (QED) is 0.845. The molecule has 0 amide bonds. The topological polar surface area (TPSA) is 34.2 Å². The zero-order valence-corrected chi connectivity index (χ0v) is 11.8. The Labute approximate surface area is 111 Å². The van der Waals surface area contributed by atoms with Gasteiger partial charge in [0.2, 0.25) is 0 Å². The zero-order chi connectivity index (χ0) is 12.1. The molecule has 1 aliphatic rings. The maximum absolute atomic E-state index is 5.79. The van der Waals surface area contributed by atoms with E-state index in [1.165, 1.54) is 25.7 Å². The van der Waals surface area contributed by atoms with Crippen molar-refractivity contribution in [3.8, 4) is 0 Å². The van der Waals surface area contributed by atoms with Crippen LogP contribution in [0.2, 0.25) is 0 Å². The lowest BCUT2D eigenvalue weighted by Gasteiger charge is -2.12. The van der Waals surface area contributed by atoms with Gasteiger partial charge in [-0.1, -0.05) is 12.8 Å². The Morgan fingerprint density at radius 3 is 2.94 bits per heavy atom. The van der Waals surface area contributed by atoms with Crippen LogP contribution in [0.1, 0.15) is 31.2 Å². The van der Waals surface area contributed by atoms with Crippen molar-refractivity contribution in [1.82, 2.24) is 4.98 Å². The molecule has 17 heavy (non-hydrogen) atoms. The van der Waals surface area contributed by atoms with E-state index in [4.69, 9.17) is 4.74 Å². The van der Waals surface area contributed by atoms with Crippen molar-refractivity contribution in [2.45, 2.75) is 38.7 Å². The van der Waals surface area contributed by atoms with Gasteiger partial charge in [-0.25, -0.2) is 4.98 Å². The SMILES string of the molecule is Cc1cc(Br)cnc1NCCOC1CCCC1. The van der Waals surface area contributed by atoms with Crippen molar-refractivity contribution in [3.63, 3.8) is 0 Å². The smallest absolute Gasteiger partial charge is 0.128 e. The number of anilines is 1. The van der Waals surface area contributed by atoms with Gasteiger partial charge in [0.15, 0.2) is 0 Å². The molecule has 94 valence electrons. The molecular formula is C13H19BrN2O. The standard InChI is InChI=1S/C13H19BrN2O/c1-10-8-11(14)9-16-13(10)15-6-7-17-12-4-2-3-5-12/h8-9,12H,2-7H2,1H3,(H,15,16). The molecule has 0 saturated heterocycles. The van der Waals surface area contributed by atoms with Crippen LogP contribution in [0.15, 0.2) is 16.7 Å². The predicted molar refractivity (Wildman–Crippen MR) is 73.4 cm³/mol. The Bertz CT molecular complexity index is 364. The van der Waals surface area contributed by atoms with Gasteiger partial charge in [0, 0.05) is 17.2 Å². The third kappa shape index (κ3) is 3.96. The number of nitrogens with one attached hydrogen (secondary N) is 1. The van der Waals surface area contributed by atoms with Crippen molar-refractivity contribution in [1.29, 1.82) is 0 Å². The number of hydrogen-bond donors (Lipinski definition) is 1. The van der Waals surface area contributed by atoms with Gasteiger partial charge in [-0.2, -0.15) is 0 Å². The molecule has 4 heteroatoms. The molecule has 0 bridgehead atoms. The first-order valence-corrected chi connectivity index (χ1v) is 7.02. The number of hydrogen-bond acceptors (Lipinski definition) is 3. The molecule has 0 atom stereocenters. The fourth-order valence-electron chi connectivity index (χ4n) is 2.18. The van der Waals surface area contributed by atoms with Crippen LogP contribution in [-0.4, -0.2) is 24.2 Å². The summed E-state index contributed by atoms with van der Waals surface area (Å²) in [7, 11) is 0. The second-order valence-corrected chi connectivity index (χ2v) is 5.44. The van der Waals surface area contributed by atoms with Gasteiger partial charge in [-0.05, 0) is 47.3 Å². The molecule has 0 radical (unpaired) electrons. The van der Waals surface area contributed by atoms with E-state index in [2.05, 4.69) is 39.2 Å². The van der Waals surface area contributed by atoms with Crippen LogP contribution in [0.3, 0.4) is 0 Å². The number of aryl methyl sites for hydroxylation is 1. The molecule has 0 unspecified atom stereocenters. The highest BCUT2D eigenvalue weighted by atomic mass is 79.9. The van der Waals surface area contributed by atoms with Crippen LogP contribution < -0.4 is 5.32 Å². The molecule has 1 saturated carbocycles. The van der Waals surface area contributed by atoms with E-state index in [1.54, 1.807) is 0 Å². The van der Waals surface area contributed by atoms with Gasteiger partial charge in [0.1, 0.15) is 5.82 Å². The molecule has 1 fully saturated rings. The second-order valence-electron chi connectivity index (χ2n) is 4.52. The summed E-state index contributed by atoms with van der Waals surface area (Å²) >= 11 is 3.41. The van der Waals surface area contributed by atoms with E-state index in [-0.39, 0.29) is 0 Å². The number of nitrogens with zero attached hydrogens (tertiary/aromatic N) is 1. The largest absolute Gasteiger partial charge is 0.376 e. The highest BCUT2D eigenvalue weighted by Crippen LogP contribution is 2.21. The average Bonchev–Trinajstić information content (AvgIpc) is 2.79. The monoisotopic (exact) mass is 298 g/mol. The molecule has 1 aromatic rings. The number of pyridine rings is 1. The van der Waals surface area contributed by atoms with E-state index in [0.29, 0.717) is 6.10 Å². The van der Waals surface area contributed by atoms with Gasteiger partial charge < -0.3 is 10.1 Å². The van der Waals surface area contributed by atoms with Crippen molar-refractivity contribution >= 4 is 21.7 Å². The first kappa shape index (κ1) is 12.8. The third-order valence-electron chi connectivity index (χ3n) is 3.10. The molecular weight excluding hydrogens is 280 g/mol. The fourth-order valence-corrected chi connectivity index (χ4v) is 2.62. The lowest BCUT2D eigenvalue weighted by Crippen LogP contribution is -2.16. The molecule has 0 aliphatic heterocycles. The van der Waals surface area contributed by atoms with Gasteiger partial charge in [-0.15, -0.1) is 0 Å². The highest BCUT2D eigenvalue weighted by molar-refractivity contribution is 9.10.